The van der Waals surface area contributed by atoms with Crippen molar-refractivity contribution in [1.29, 1.82) is 0 Å². The molecule has 1 atom stereocenters. The van der Waals surface area contributed by atoms with Crippen molar-refractivity contribution in [1.82, 2.24) is 10.4 Å². The summed E-state index contributed by atoms with van der Waals surface area (Å²) in [5.74, 6) is -0.770. The summed E-state index contributed by atoms with van der Waals surface area (Å²) in [6.45, 7) is 6.79. The summed E-state index contributed by atoms with van der Waals surface area (Å²) in [4.78, 5) is 31.8. The number of likely N-dealkylation sites (N-methyl/N-ethyl adjacent to an activating group) is 1. The van der Waals surface area contributed by atoms with Gasteiger partial charge >= 0.3 is 5.97 Å². The highest BCUT2D eigenvalue weighted by Gasteiger charge is 2.33. The first-order valence-corrected chi connectivity index (χ1v) is 11.6. The van der Waals surface area contributed by atoms with Gasteiger partial charge in [-0.25, -0.2) is 10.4 Å². The van der Waals surface area contributed by atoms with Crippen LogP contribution in [0.3, 0.4) is 0 Å². The molecule has 0 aromatic heterocycles. The number of carboxylic acids is 1. The van der Waals surface area contributed by atoms with E-state index in [0.29, 0.717) is 25.6 Å². The Morgan fingerprint density at radius 1 is 1.18 bits per heavy atom. The minimum Gasteiger partial charge on any atom is -0.480 e. The SMILES string of the molecule is CCOCCN1NC(c2ccc(SC(C)(C)C(=O)O)cc2)N=C1C(=O)N(C)c1ccccc1. The average molecular weight is 471 g/mol. The summed E-state index contributed by atoms with van der Waals surface area (Å²) >= 11 is 1.28. The molecule has 3 rings (SSSR count). The van der Waals surface area contributed by atoms with Gasteiger partial charge in [0.15, 0.2) is 0 Å². The largest absolute Gasteiger partial charge is 0.480 e. The smallest absolute Gasteiger partial charge is 0.319 e. The predicted octanol–water partition coefficient (Wildman–Crippen LogP) is 3.56. The Kier molecular flexibility index (Phi) is 8.12. The fourth-order valence-electron chi connectivity index (χ4n) is 3.20. The minimum absolute atomic E-state index is 0.219. The van der Waals surface area contributed by atoms with Gasteiger partial charge in [-0.05, 0) is 50.6 Å². The first-order valence-electron chi connectivity index (χ1n) is 10.8. The number of carbonyl (C=O) groups excluding carboxylic acids is 1. The predicted molar refractivity (Wildman–Crippen MR) is 130 cm³/mol. The maximum absolute atomic E-state index is 13.3. The highest BCUT2D eigenvalue weighted by Crippen LogP contribution is 2.33. The summed E-state index contributed by atoms with van der Waals surface area (Å²) in [6, 6.07) is 17.0. The van der Waals surface area contributed by atoms with Crippen LogP contribution in [0.25, 0.3) is 0 Å². The van der Waals surface area contributed by atoms with E-state index >= 15 is 0 Å². The number of benzene rings is 2. The molecular weight excluding hydrogens is 440 g/mol. The van der Waals surface area contributed by atoms with Crippen molar-refractivity contribution in [3.8, 4) is 0 Å². The van der Waals surface area contributed by atoms with E-state index in [2.05, 4.69) is 10.4 Å². The number of carbonyl (C=O) groups is 2. The van der Waals surface area contributed by atoms with Crippen LogP contribution in [-0.4, -0.2) is 59.4 Å². The molecular formula is C24H30N4O4S. The number of nitrogens with one attached hydrogen (secondary N) is 1. The molecule has 0 spiro atoms. The number of aliphatic carboxylic acids is 1. The summed E-state index contributed by atoms with van der Waals surface area (Å²) < 4.78 is 4.55. The number of amides is 1. The zero-order chi connectivity index (χ0) is 24.0. The van der Waals surface area contributed by atoms with Crippen molar-refractivity contribution in [3.63, 3.8) is 0 Å². The van der Waals surface area contributed by atoms with Crippen molar-refractivity contribution in [2.24, 2.45) is 4.99 Å². The van der Waals surface area contributed by atoms with Gasteiger partial charge in [0.2, 0.25) is 5.84 Å². The zero-order valence-corrected chi connectivity index (χ0v) is 20.1. The number of hydrogen-bond donors (Lipinski definition) is 2. The van der Waals surface area contributed by atoms with Crippen molar-refractivity contribution in [2.75, 3.05) is 31.7 Å². The summed E-state index contributed by atoms with van der Waals surface area (Å²) in [6.07, 6.45) is -0.429. The van der Waals surface area contributed by atoms with Crippen LogP contribution in [0.5, 0.6) is 0 Å². The van der Waals surface area contributed by atoms with Crippen LogP contribution in [-0.2, 0) is 14.3 Å². The summed E-state index contributed by atoms with van der Waals surface area (Å²) in [7, 11) is 1.73. The van der Waals surface area contributed by atoms with Crippen LogP contribution in [0, 0.1) is 0 Å². The van der Waals surface area contributed by atoms with Crippen LogP contribution >= 0.6 is 11.8 Å². The number of nitrogens with zero attached hydrogens (tertiary/aromatic N) is 3. The van der Waals surface area contributed by atoms with Gasteiger partial charge in [0.1, 0.15) is 10.9 Å². The van der Waals surface area contributed by atoms with E-state index in [-0.39, 0.29) is 5.91 Å². The molecule has 1 amide bonds. The molecule has 0 fully saturated rings. The topological polar surface area (TPSA) is 94.5 Å². The van der Waals surface area contributed by atoms with Gasteiger partial charge in [-0.15, -0.1) is 11.8 Å². The number of carboxylic acid groups (broad SMARTS) is 1. The Morgan fingerprint density at radius 2 is 1.85 bits per heavy atom. The lowest BCUT2D eigenvalue weighted by Gasteiger charge is -2.24. The zero-order valence-electron chi connectivity index (χ0n) is 19.3. The number of hydrogen-bond acceptors (Lipinski definition) is 7. The quantitative estimate of drug-likeness (QED) is 0.405. The minimum atomic E-state index is -0.928. The van der Waals surface area contributed by atoms with E-state index in [1.807, 2.05) is 61.5 Å². The van der Waals surface area contributed by atoms with Gasteiger partial charge in [0.05, 0.1) is 13.2 Å². The van der Waals surface area contributed by atoms with Crippen molar-refractivity contribution in [3.05, 3.63) is 60.2 Å². The Bertz CT molecular complexity index is 995. The number of hydrazine groups is 1. The molecule has 1 unspecified atom stereocenters. The molecule has 0 radical (unpaired) electrons. The summed E-state index contributed by atoms with van der Waals surface area (Å²) in [5, 5.41) is 11.1. The molecule has 0 saturated carbocycles. The molecule has 176 valence electrons. The normalized spacial score (nSPS) is 15.9. The van der Waals surface area contributed by atoms with Crippen molar-refractivity contribution >= 4 is 35.2 Å². The van der Waals surface area contributed by atoms with Gasteiger partial charge in [-0.3, -0.25) is 14.6 Å². The lowest BCUT2D eigenvalue weighted by Crippen LogP contribution is -2.47. The molecule has 2 aromatic rings. The third kappa shape index (κ3) is 6.13. The Balaban J connectivity index is 1.80. The van der Waals surface area contributed by atoms with E-state index in [1.165, 1.54) is 11.8 Å². The van der Waals surface area contributed by atoms with E-state index < -0.39 is 16.9 Å². The molecule has 2 N–H and O–H groups in total. The van der Waals surface area contributed by atoms with Gasteiger partial charge in [-0.1, -0.05) is 30.3 Å². The second-order valence-electron chi connectivity index (χ2n) is 8.02. The standard InChI is InChI=1S/C24H30N4O4S/c1-5-32-16-15-28-21(22(29)27(4)18-9-7-6-8-10-18)25-20(26-28)17-11-13-19(14-12-17)33-24(2,3)23(30)31/h6-14,20,26H,5,15-16H2,1-4H3,(H,30,31). The number of rotatable bonds is 10. The van der Waals surface area contributed by atoms with E-state index in [9.17, 15) is 14.7 Å². The monoisotopic (exact) mass is 470 g/mol. The second-order valence-corrected chi connectivity index (χ2v) is 9.72. The fraction of sp³-hybridized carbons (Fsp3) is 0.375. The van der Waals surface area contributed by atoms with Gasteiger partial charge in [0, 0.05) is 24.2 Å². The molecule has 0 saturated heterocycles. The van der Waals surface area contributed by atoms with E-state index in [4.69, 9.17) is 4.74 Å². The molecule has 8 nitrogen and oxygen atoms in total. The van der Waals surface area contributed by atoms with Crippen LogP contribution in [0.4, 0.5) is 5.69 Å². The Labute approximate surface area is 198 Å². The van der Waals surface area contributed by atoms with Gasteiger partial charge in [-0.2, -0.15) is 0 Å². The van der Waals surface area contributed by atoms with Gasteiger partial charge < -0.3 is 14.7 Å². The molecule has 0 aliphatic carbocycles. The number of anilines is 1. The molecule has 2 aromatic carbocycles. The van der Waals surface area contributed by atoms with Crippen molar-refractivity contribution in [2.45, 2.75) is 36.6 Å². The average Bonchev–Trinajstić information content (AvgIpc) is 3.23. The number of thioether (sulfide) groups is 1. The molecule has 9 heteroatoms. The number of ether oxygens (including phenoxy) is 1. The third-order valence-corrected chi connectivity index (χ3v) is 6.36. The second kappa shape index (κ2) is 10.8. The molecule has 1 heterocycles. The molecule has 0 bridgehead atoms. The number of aliphatic imine (C=N–C) groups is 1. The van der Waals surface area contributed by atoms with Crippen LogP contribution < -0.4 is 10.3 Å². The third-order valence-electron chi connectivity index (χ3n) is 5.17. The first-order chi connectivity index (χ1) is 15.7. The van der Waals surface area contributed by atoms with Crippen LogP contribution in [0.2, 0.25) is 0 Å². The summed E-state index contributed by atoms with van der Waals surface area (Å²) in [5.41, 5.74) is 4.94. The fourth-order valence-corrected chi connectivity index (χ4v) is 4.14. The molecule has 1 aliphatic heterocycles. The van der Waals surface area contributed by atoms with Gasteiger partial charge in [0.25, 0.3) is 5.91 Å². The Hall–Kier alpha value is -2.88. The maximum atomic E-state index is 13.3. The number of amidine groups is 1. The number of para-hydroxylation sites is 1. The Morgan fingerprint density at radius 3 is 2.45 bits per heavy atom. The first kappa shape index (κ1) is 24.8. The lowest BCUT2D eigenvalue weighted by molar-refractivity contribution is -0.138. The maximum Gasteiger partial charge on any atom is 0.319 e. The lowest BCUT2D eigenvalue weighted by atomic mass is 10.2. The van der Waals surface area contributed by atoms with E-state index in [1.54, 1.807) is 30.8 Å². The van der Waals surface area contributed by atoms with E-state index in [0.717, 1.165) is 16.1 Å². The molecule has 33 heavy (non-hydrogen) atoms. The molecule has 1 aliphatic rings. The highest BCUT2D eigenvalue weighted by atomic mass is 32.2. The van der Waals surface area contributed by atoms with Crippen molar-refractivity contribution < 1.29 is 19.4 Å². The van der Waals surface area contributed by atoms with Crippen LogP contribution in [0.15, 0.2) is 64.5 Å². The van der Waals surface area contributed by atoms with Crippen LogP contribution in [0.1, 0.15) is 32.5 Å². The highest BCUT2D eigenvalue weighted by molar-refractivity contribution is 8.01.